The van der Waals surface area contributed by atoms with Gasteiger partial charge in [-0.1, -0.05) is 24.6 Å². The van der Waals surface area contributed by atoms with E-state index >= 15 is 0 Å². The van der Waals surface area contributed by atoms with E-state index in [1.807, 2.05) is 19.1 Å². The van der Waals surface area contributed by atoms with Crippen molar-refractivity contribution in [2.24, 2.45) is 11.5 Å². The van der Waals surface area contributed by atoms with Crippen LogP contribution in [0.3, 0.4) is 0 Å². The van der Waals surface area contributed by atoms with E-state index < -0.39 is 12.1 Å². The lowest BCUT2D eigenvalue weighted by Gasteiger charge is -2.16. The molecule has 5 heteroatoms. The standard InChI is InChI=1S/C14H19N3O2/c1-4-9(2)10(3)11-5-7-12(8-6-11)17(13(15)18)14(16)19/h5-8H,4H2,1-3H3,(H2,15,18)(H2,16,19). The maximum atomic E-state index is 11.2. The number of rotatable bonds is 3. The van der Waals surface area contributed by atoms with Gasteiger partial charge in [0.15, 0.2) is 0 Å². The van der Waals surface area contributed by atoms with Crippen LogP contribution in [0.4, 0.5) is 15.3 Å². The maximum absolute atomic E-state index is 11.2. The number of urea groups is 2. The van der Waals surface area contributed by atoms with E-state index in [9.17, 15) is 9.59 Å². The zero-order valence-electron chi connectivity index (χ0n) is 11.4. The molecule has 0 heterocycles. The Morgan fingerprint density at radius 2 is 1.53 bits per heavy atom. The Bertz CT molecular complexity index is 504. The fourth-order valence-electron chi connectivity index (χ4n) is 1.74. The van der Waals surface area contributed by atoms with Gasteiger partial charge in [-0.25, -0.2) is 14.5 Å². The summed E-state index contributed by atoms with van der Waals surface area (Å²) in [5.74, 6) is 0. The Balaban J connectivity index is 3.12. The monoisotopic (exact) mass is 261 g/mol. The predicted molar refractivity (Wildman–Crippen MR) is 76.6 cm³/mol. The number of amides is 4. The molecule has 0 fully saturated rings. The number of nitrogens with zero attached hydrogens (tertiary/aromatic N) is 1. The summed E-state index contributed by atoms with van der Waals surface area (Å²) in [4.78, 5) is 23.0. The van der Waals surface area contributed by atoms with Crippen LogP contribution in [0.5, 0.6) is 0 Å². The van der Waals surface area contributed by atoms with Crippen molar-refractivity contribution in [1.29, 1.82) is 0 Å². The molecule has 102 valence electrons. The zero-order chi connectivity index (χ0) is 14.6. The quantitative estimate of drug-likeness (QED) is 0.876. The number of carbonyl (C=O) groups is 2. The van der Waals surface area contributed by atoms with Crippen LogP contribution in [0.25, 0.3) is 5.57 Å². The van der Waals surface area contributed by atoms with Crippen molar-refractivity contribution in [2.75, 3.05) is 4.90 Å². The molecule has 1 aromatic rings. The number of imide groups is 1. The normalized spacial score (nSPS) is 11.7. The molecule has 0 aromatic heterocycles. The van der Waals surface area contributed by atoms with Gasteiger partial charge >= 0.3 is 12.1 Å². The molecule has 0 aliphatic rings. The second-order valence-electron chi connectivity index (χ2n) is 4.32. The molecule has 0 spiro atoms. The number of hydrogen-bond acceptors (Lipinski definition) is 2. The van der Waals surface area contributed by atoms with Gasteiger partial charge in [-0.3, -0.25) is 0 Å². The highest BCUT2D eigenvalue weighted by Gasteiger charge is 2.17. The van der Waals surface area contributed by atoms with Crippen LogP contribution >= 0.6 is 0 Å². The molecule has 1 aromatic carbocycles. The summed E-state index contributed by atoms with van der Waals surface area (Å²) in [5, 5.41) is 0. The lowest BCUT2D eigenvalue weighted by molar-refractivity contribution is 0.243. The van der Waals surface area contributed by atoms with Crippen molar-refractivity contribution in [3.05, 3.63) is 35.4 Å². The molecule has 0 aliphatic heterocycles. The van der Waals surface area contributed by atoms with Gasteiger partial charge < -0.3 is 11.5 Å². The average molecular weight is 261 g/mol. The van der Waals surface area contributed by atoms with Crippen molar-refractivity contribution < 1.29 is 9.59 Å². The molecule has 4 N–H and O–H groups in total. The number of anilines is 1. The Morgan fingerprint density at radius 1 is 1.05 bits per heavy atom. The van der Waals surface area contributed by atoms with Crippen LogP contribution < -0.4 is 16.4 Å². The predicted octanol–water partition coefficient (Wildman–Crippen LogP) is 2.85. The topological polar surface area (TPSA) is 89.4 Å². The summed E-state index contributed by atoms with van der Waals surface area (Å²) in [6.45, 7) is 6.20. The molecule has 0 bridgehead atoms. The third-order valence-electron chi connectivity index (χ3n) is 3.17. The number of nitrogens with two attached hydrogens (primary N) is 2. The first-order valence-corrected chi connectivity index (χ1v) is 6.04. The van der Waals surface area contributed by atoms with Gasteiger partial charge in [-0.2, -0.15) is 0 Å². The van der Waals surface area contributed by atoms with Gasteiger partial charge in [-0.05, 0) is 43.5 Å². The first-order valence-electron chi connectivity index (χ1n) is 6.04. The molecule has 4 amide bonds. The lowest BCUT2D eigenvalue weighted by Crippen LogP contribution is -2.44. The molecule has 0 atom stereocenters. The van der Waals surface area contributed by atoms with Crippen molar-refractivity contribution in [1.82, 2.24) is 0 Å². The summed E-state index contributed by atoms with van der Waals surface area (Å²) in [5.41, 5.74) is 14.1. The van der Waals surface area contributed by atoms with Crippen LogP contribution in [-0.4, -0.2) is 12.1 Å². The molecule has 0 radical (unpaired) electrons. The minimum Gasteiger partial charge on any atom is -0.351 e. The van der Waals surface area contributed by atoms with Gasteiger partial charge in [0.1, 0.15) is 0 Å². The van der Waals surface area contributed by atoms with Crippen LogP contribution in [-0.2, 0) is 0 Å². The molecule has 0 saturated carbocycles. The zero-order valence-corrected chi connectivity index (χ0v) is 11.4. The molecule has 0 aliphatic carbocycles. The number of benzene rings is 1. The Labute approximate surface area is 112 Å². The van der Waals surface area contributed by atoms with Gasteiger partial charge in [0.25, 0.3) is 0 Å². The number of primary amides is 2. The maximum Gasteiger partial charge on any atom is 0.327 e. The van der Waals surface area contributed by atoms with Crippen molar-refractivity contribution in [2.45, 2.75) is 27.2 Å². The van der Waals surface area contributed by atoms with Crippen LogP contribution in [0.15, 0.2) is 29.8 Å². The molecule has 19 heavy (non-hydrogen) atoms. The van der Waals surface area contributed by atoms with Crippen LogP contribution in [0.2, 0.25) is 0 Å². The first-order chi connectivity index (χ1) is 8.88. The van der Waals surface area contributed by atoms with E-state index in [-0.39, 0.29) is 0 Å². The van der Waals surface area contributed by atoms with Crippen LogP contribution in [0, 0.1) is 0 Å². The summed E-state index contributed by atoms with van der Waals surface area (Å²) in [6.07, 6.45) is 0.974. The van der Waals surface area contributed by atoms with E-state index in [4.69, 9.17) is 11.5 Å². The highest BCUT2D eigenvalue weighted by atomic mass is 16.2. The SMILES string of the molecule is CCC(C)=C(C)c1ccc(N(C(N)=O)C(N)=O)cc1. The van der Waals surface area contributed by atoms with Crippen molar-refractivity contribution in [3.8, 4) is 0 Å². The molecule has 1 rings (SSSR count). The van der Waals surface area contributed by atoms with E-state index in [0.29, 0.717) is 5.69 Å². The fraction of sp³-hybridized carbons (Fsp3) is 0.286. The van der Waals surface area contributed by atoms with Crippen LogP contribution in [0.1, 0.15) is 32.8 Å². The van der Waals surface area contributed by atoms with Crippen molar-refractivity contribution >= 4 is 23.3 Å². The lowest BCUT2D eigenvalue weighted by atomic mass is 10.0. The highest BCUT2D eigenvalue weighted by molar-refractivity contribution is 6.12. The molecule has 0 saturated heterocycles. The Morgan fingerprint density at radius 3 is 1.89 bits per heavy atom. The van der Waals surface area contributed by atoms with Gasteiger partial charge in [0.05, 0.1) is 5.69 Å². The second-order valence-corrected chi connectivity index (χ2v) is 4.32. The second kappa shape index (κ2) is 6.04. The highest BCUT2D eigenvalue weighted by Crippen LogP contribution is 2.23. The summed E-state index contributed by atoms with van der Waals surface area (Å²) in [7, 11) is 0. The summed E-state index contributed by atoms with van der Waals surface area (Å²) in [6, 6.07) is 5.19. The average Bonchev–Trinajstić information content (AvgIpc) is 2.37. The number of allylic oxidation sites excluding steroid dienone is 2. The number of carbonyl (C=O) groups excluding carboxylic acids is 2. The Kier molecular flexibility index (Phi) is 4.69. The summed E-state index contributed by atoms with van der Waals surface area (Å²) < 4.78 is 0. The molecule has 0 unspecified atom stereocenters. The molecular formula is C14H19N3O2. The van der Waals surface area contributed by atoms with E-state index in [1.54, 1.807) is 12.1 Å². The third-order valence-corrected chi connectivity index (χ3v) is 3.17. The molecule has 5 nitrogen and oxygen atoms in total. The largest absolute Gasteiger partial charge is 0.351 e. The van der Waals surface area contributed by atoms with Gasteiger partial charge in [0.2, 0.25) is 0 Å². The van der Waals surface area contributed by atoms with E-state index in [2.05, 4.69) is 13.8 Å². The van der Waals surface area contributed by atoms with Crippen molar-refractivity contribution in [3.63, 3.8) is 0 Å². The minimum absolute atomic E-state index is 0.366. The third kappa shape index (κ3) is 3.34. The molecular weight excluding hydrogens is 242 g/mol. The van der Waals surface area contributed by atoms with E-state index in [1.165, 1.54) is 11.1 Å². The van der Waals surface area contributed by atoms with Gasteiger partial charge in [0, 0.05) is 0 Å². The van der Waals surface area contributed by atoms with Gasteiger partial charge in [-0.15, -0.1) is 0 Å². The number of hydrogen-bond donors (Lipinski definition) is 2. The summed E-state index contributed by atoms with van der Waals surface area (Å²) >= 11 is 0. The first kappa shape index (κ1) is 14.8. The fourth-order valence-corrected chi connectivity index (χ4v) is 1.74. The minimum atomic E-state index is -0.891. The Hall–Kier alpha value is -2.30. The smallest absolute Gasteiger partial charge is 0.327 e. The van der Waals surface area contributed by atoms with E-state index in [0.717, 1.165) is 16.9 Å².